The average Bonchev–Trinajstić information content (AvgIpc) is 2.42. The largest absolute Gasteiger partial charge is 0.445 e. The zero-order valence-corrected chi connectivity index (χ0v) is 11.2. The first-order valence-electron chi connectivity index (χ1n) is 5.47. The number of alkyl halides is 3. The van der Waals surface area contributed by atoms with E-state index in [4.69, 9.17) is 39.5 Å². The molecular formula is C10H16Cl3NO2. The van der Waals surface area contributed by atoms with E-state index in [2.05, 4.69) is 5.32 Å². The number of nitrogens with one attached hydrogen (secondary N) is 1. The Bertz CT molecular complexity index is 223. The van der Waals surface area contributed by atoms with Gasteiger partial charge in [-0.05, 0) is 12.8 Å². The number of carbonyl (C=O) groups is 1. The van der Waals surface area contributed by atoms with Crippen molar-refractivity contribution in [2.45, 2.75) is 48.4 Å². The quantitative estimate of drug-likeness (QED) is 0.620. The Hall–Kier alpha value is 0.140. The molecule has 3 nitrogen and oxygen atoms in total. The van der Waals surface area contributed by atoms with Crippen LogP contribution in [-0.4, -0.2) is 22.5 Å². The van der Waals surface area contributed by atoms with Gasteiger partial charge in [0.1, 0.15) is 6.61 Å². The fraction of sp³-hybridized carbons (Fsp3) is 0.900. The van der Waals surface area contributed by atoms with E-state index in [0.29, 0.717) is 0 Å². The highest BCUT2D eigenvalue weighted by Crippen LogP contribution is 2.26. The predicted octanol–water partition coefficient (Wildman–Crippen LogP) is 3.81. The highest BCUT2D eigenvalue weighted by atomic mass is 35.6. The molecule has 1 fully saturated rings. The highest BCUT2D eigenvalue weighted by Gasteiger charge is 2.23. The Morgan fingerprint density at radius 1 is 1.19 bits per heavy atom. The van der Waals surface area contributed by atoms with Crippen LogP contribution < -0.4 is 5.32 Å². The third kappa shape index (κ3) is 6.66. The summed E-state index contributed by atoms with van der Waals surface area (Å²) in [6.45, 7) is -0.226. The van der Waals surface area contributed by atoms with Crippen molar-refractivity contribution in [1.29, 1.82) is 0 Å². The molecule has 1 N–H and O–H groups in total. The molecule has 0 unspecified atom stereocenters. The Kier molecular flexibility index (Phi) is 6.01. The maximum absolute atomic E-state index is 11.4. The summed E-state index contributed by atoms with van der Waals surface area (Å²) in [5, 5.41) is 2.79. The summed E-state index contributed by atoms with van der Waals surface area (Å²) in [6.07, 6.45) is 6.28. The van der Waals surface area contributed by atoms with E-state index in [1.165, 1.54) is 12.8 Å². The Morgan fingerprint density at radius 2 is 1.75 bits per heavy atom. The minimum Gasteiger partial charge on any atom is -0.445 e. The Labute approximate surface area is 111 Å². The molecule has 0 bridgehead atoms. The summed E-state index contributed by atoms with van der Waals surface area (Å²) in [5.41, 5.74) is 0. The first kappa shape index (κ1) is 14.2. The van der Waals surface area contributed by atoms with Crippen LogP contribution in [0.5, 0.6) is 0 Å². The van der Waals surface area contributed by atoms with E-state index >= 15 is 0 Å². The van der Waals surface area contributed by atoms with E-state index in [-0.39, 0.29) is 12.6 Å². The lowest BCUT2D eigenvalue weighted by molar-refractivity contribution is 0.143. The van der Waals surface area contributed by atoms with E-state index in [0.717, 1.165) is 25.7 Å². The fourth-order valence-corrected chi connectivity index (χ4v) is 1.94. The minimum absolute atomic E-state index is 0.199. The minimum atomic E-state index is -1.54. The second-order valence-electron chi connectivity index (χ2n) is 4.02. The van der Waals surface area contributed by atoms with Crippen LogP contribution in [0.15, 0.2) is 0 Å². The molecule has 0 aromatic heterocycles. The lowest BCUT2D eigenvalue weighted by Gasteiger charge is -2.17. The molecule has 0 aromatic carbocycles. The van der Waals surface area contributed by atoms with Gasteiger partial charge in [0, 0.05) is 6.04 Å². The number of ether oxygens (including phenoxy) is 1. The lowest BCUT2D eigenvalue weighted by atomic mass is 10.1. The highest BCUT2D eigenvalue weighted by molar-refractivity contribution is 6.67. The van der Waals surface area contributed by atoms with Gasteiger partial charge in [0.05, 0.1) is 0 Å². The molecule has 1 aliphatic carbocycles. The summed E-state index contributed by atoms with van der Waals surface area (Å²) in [5.74, 6) is 0. The topological polar surface area (TPSA) is 38.3 Å². The molecule has 6 heteroatoms. The number of alkyl carbamates (subject to hydrolysis) is 1. The summed E-state index contributed by atoms with van der Waals surface area (Å²) in [4.78, 5) is 11.4. The summed E-state index contributed by atoms with van der Waals surface area (Å²) in [7, 11) is 0. The molecule has 1 saturated carbocycles. The van der Waals surface area contributed by atoms with Gasteiger partial charge >= 0.3 is 6.09 Å². The van der Waals surface area contributed by atoms with Crippen LogP contribution in [0.25, 0.3) is 0 Å². The molecule has 0 aliphatic heterocycles. The summed E-state index contributed by atoms with van der Waals surface area (Å²) in [6, 6.07) is 0.199. The van der Waals surface area contributed by atoms with Crippen molar-refractivity contribution in [2.24, 2.45) is 0 Å². The summed E-state index contributed by atoms with van der Waals surface area (Å²) < 4.78 is 3.26. The van der Waals surface area contributed by atoms with E-state index in [9.17, 15) is 4.79 Å². The molecule has 1 rings (SSSR count). The van der Waals surface area contributed by atoms with Crippen LogP contribution in [0.1, 0.15) is 38.5 Å². The Morgan fingerprint density at radius 3 is 2.25 bits per heavy atom. The van der Waals surface area contributed by atoms with Crippen molar-refractivity contribution < 1.29 is 9.53 Å². The van der Waals surface area contributed by atoms with Crippen molar-refractivity contribution in [3.8, 4) is 0 Å². The molecule has 0 aromatic rings. The van der Waals surface area contributed by atoms with Gasteiger partial charge < -0.3 is 10.1 Å². The summed E-state index contributed by atoms with van der Waals surface area (Å²) >= 11 is 16.4. The predicted molar refractivity (Wildman–Crippen MR) is 66.3 cm³/mol. The Balaban J connectivity index is 2.22. The van der Waals surface area contributed by atoms with Gasteiger partial charge in [-0.3, -0.25) is 0 Å². The van der Waals surface area contributed by atoms with Gasteiger partial charge in [0.2, 0.25) is 3.79 Å². The molecule has 0 heterocycles. The molecule has 0 saturated heterocycles. The van der Waals surface area contributed by atoms with Crippen LogP contribution in [0, 0.1) is 0 Å². The van der Waals surface area contributed by atoms with Gasteiger partial charge in [0.25, 0.3) is 0 Å². The van der Waals surface area contributed by atoms with Crippen LogP contribution in [0.3, 0.4) is 0 Å². The molecule has 0 atom stereocenters. The third-order valence-corrected chi connectivity index (χ3v) is 2.87. The van der Waals surface area contributed by atoms with Crippen molar-refractivity contribution in [3.63, 3.8) is 0 Å². The smallest absolute Gasteiger partial charge is 0.407 e. The van der Waals surface area contributed by atoms with Crippen LogP contribution in [-0.2, 0) is 4.74 Å². The van der Waals surface area contributed by atoms with Gasteiger partial charge in [-0.25, -0.2) is 4.79 Å². The molecule has 94 valence electrons. The van der Waals surface area contributed by atoms with E-state index in [1.807, 2.05) is 0 Å². The molecule has 1 aliphatic rings. The lowest BCUT2D eigenvalue weighted by Crippen LogP contribution is -2.36. The monoisotopic (exact) mass is 287 g/mol. The average molecular weight is 289 g/mol. The first-order chi connectivity index (χ1) is 7.47. The number of rotatable bonds is 2. The van der Waals surface area contributed by atoms with Crippen molar-refractivity contribution in [3.05, 3.63) is 0 Å². The van der Waals surface area contributed by atoms with Crippen LogP contribution in [0.2, 0.25) is 0 Å². The maximum Gasteiger partial charge on any atom is 0.407 e. The van der Waals surface area contributed by atoms with Crippen molar-refractivity contribution >= 4 is 40.9 Å². The number of halogens is 3. The molecule has 0 radical (unpaired) electrons. The second kappa shape index (κ2) is 6.77. The van der Waals surface area contributed by atoms with Gasteiger partial charge in [0.15, 0.2) is 0 Å². The van der Waals surface area contributed by atoms with Crippen molar-refractivity contribution in [1.82, 2.24) is 5.32 Å². The molecule has 16 heavy (non-hydrogen) atoms. The SMILES string of the molecule is O=C(NC1CCCCCC1)OCC(Cl)(Cl)Cl. The van der Waals surface area contributed by atoms with Gasteiger partial charge in [-0.15, -0.1) is 0 Å². The standard InChI is InChI=1S/C10H16Cl3NO2/c11-10(12,13)7-16-9(15)14-8-5-3-1-2-4-6-8/h8H,1-7H2,(H,14,15). The van der Waals surface area contributed by atoms with E-state index in [1.54, 1.807) is 0 Å². The van der Waals surface area contributed by atoms with Gasteiger partial charge in [-0.2, -0.15) is 0 Å². The number of hydrogen-bond acceptors (Lipinski definition) is 2. The maximum atomic E-state index is 11.4. The van der Waals surface area contributed by atoms with E-state index < -0.39 is 9.89 Å². The molecule has 0 spiro atoms. The van der Waals surface area contributed by atoms with Crippen LogP contribution in [0.4, 0.5) is 4.79 Å². The zero-order valence-electron chi connectivity index (χ0n) is 8.98. The second-order valence-corrected chi connectivity index (χ2v) is 6.54. The number of amides is 1. The number of carbonyl (C=O) groups excluding carboxylic acids is 1. The zero-order chi connectivity index (χ0) is 12.0. The van der Waals surface area contributed by atoms with Crippen LogP contribution >= 0.6 is 34.8 Å². The van der Waals surface area contributed by atoms with Gasteiger partial charge in [-0.1, -0.05) is 60.5 Å². The third-order valence-electron chi connectivity index (χ3n) is 2.54. The first-order valence-corrected chi connectivity index (χ1v) is 6.61. The van der Waals surface area contributed by atoms with Crippen molar-refractivity contribution in [2.75, 3.05) is 6.61 Å². The number of hydrogen-bond donors (Lipinski definition) is 1. The normalized spacial score (nSPS) is 18.9. The fourth-order valence-electron chi connectivity index (χ4n) is 1.78. The molecule has 1 amide bonds. The molecular weight excluding hydrogens is 272 g/mol.